The number of aromatic hydroxyl groups is 1. The SMILES string of the molecule is CCN(CC)CCN(CCNCCc1ccc(O)c2[nH]c(=O)sc12)C(=O)CCOCCc1cccc(C)c1. The number of hydrogen-bond acceptors (Lipinski definition) is 7. The summed E-state index contributed by atoms with van der Waals surface area (Å²) in [5.41, 5.74) is 4.02. The molecule has 0 aliphatic carbocycles. The van der Waals surface area contributed by atoms with E-state index in [0.29, 0.717) is 51.3 Å². The van der Waals surface area contributed by atoms with Gasteiger partial charge in [-0.15, -0.1) is 0 Å². The molecule has 208 valence electrons. The van der Waals surface area contributed by atoms with Crippen molar-refractivity contribution in [3.05, 3.63) is 62.8 Å². The number of nitrogens with one attached hydrogen (secondary N) is 2. The molecule has 1 heterocycles. The molecule has 1 amide bonds. The highest BCUT2D eigenvalue weighted by molar-refractivity contribution is 7.16. The Kier molecular flexibility index (Phi) is 12.3. The van der Waals surface area contributed by atoms with Crippen molar-refractivity contribution in [2.45, 2.75) is 40.0 Å². The second kappa shape index (κ2) is 15.6. The number of carbonyl (C=O) groups is 1. The number of rotatable bonds is 17. The maximum atomic E-state index is 13.0. The molecule has 38 heavy (non-hydrogen) atoms. The van der Waals surface area contributed by atoms with Gasteiger partial charge in [0.25, 0.3) is 0 Å². The standard InChI is InChI=1S/C29H42N4O4S/c1-4-32(5-2)17-18-33(26(35)13-20-37-19-12-23-8-6-7-22(3)21-23)16-15-30-14-11-24-9-10-25(34)27-28(24)38-29(36)31-27/h6-10,21,30,34H,4-5,11-20H2,1-3H3,(H,31,36). The molecule has 1 aromatic heterocycles. The number of ether oxygens (including phenoxy) is 1. The van der Waals surface area contributed by atoms with Crippen LogP contribution in [0.1, 0.15) is 37.0 Å². The summed E-state index contributed by atoms with van der Waals surface area (Å²) >= 11 is 1.12. The minimum Gasteiger partial charge on any atom is -0.506 e. The van der Waals surface area contributed by atoms with E-state index in [0.717, 1.165) is 54.1 Å². The number of amides is 1. The van der Waals surface area contributed by atoms with Crippen LogP contribution in [0.2, 0.25) is 0 Å². The van der Waals surface area contributed by atoms with Gasteiger partial charge in [-0.25, -0.2) is 0 Å². The Balaban J connectivity index is 1.43. The third-order valence-corrected chi connectivity index (χ3v) is 7.74. The fourth-order valence-corrected chi connectivity index (χ4v) is 5.37. The van der Waals surface area contributed by atoms with Gasteiger partial charge in [0.2, 0.25) is 5.91 Å². The van der Waals surface area contributed by atoms with Crippen molar-refractivity contribution in [1.82, 2.24) is 20.1 Å². The molecule has 0 radical (unpaired) electrons. The molecule has 0 fully saturated rings. The van der Waals surface area contributed by atoms with Gasteiger partial charge in [0, 0.05) is 26.2 Å². The van der Waals surface area contributed by atoms with Crippen molar-refractivity contribution in [3.8, 4) is 5.75 Å². The van der Waals surface area contributed by atoms with Crippen molar-refractivity contribution in [3.63, 3.8) is 0 Å². The van der Waals surface area contributed by atoms with Crippen molar-refractivity contribution in [1.29, 1.82) is 0 Å². The summed E-state index contributed by atoms with van der Waals surface area (Å²) in [6, 6.07) is 11.9. The summed E-state index contributed by atoms with van der Waals surface area (Å²) in [4.78, 5) is 31.5. The highest BCUT2D eigenvalue weighted by Gasteiger charge is 2.15. The van der Waals surface area contributed by atoms with Crippen LogP contribution in [0, 0.1) is 6.92 Å². The lowest BCUT2D eigenvalue weighted by Crippen LogP contribution is -2.42. The van der Waals surface area contributed by atoms with Gasteiger partial charge in [-0.1, -0.05) is 61.1 Å². The minimum absolute atomic E-state index is 0.0940. The van der Waals surface area contributed by atoms with Gasteiger partial charge in [-0.3, -0.25) is 9.59 Å². The molecule has 0 saturated heterocycles. The number of phenols is 1. The van der Waals surface area contributed by atoms with E-state index in [9.17, 15) is 14.7 Å². The summed E-state index contributed by atoms with van der Waals surface area (Å²) in [5.74, 6) is 0.211. The molecule has 0 saturated carbocycles. The molecule has 3 rings (SSSR count). The molecule has 3 N–H and O–H groups in total. The molecule has 0 aliphatic rings. The zero-order valence-corrected chi connectivity index (χ0v) is 23.7. The highest BCUT2D eigenvalue weighted by atomic mass is 32.1. The lowest BCUT2D eigenvalue weighted by atomic mass is 10.1. The molecule has 0 unspecified atom stereocenters. The van der Waals surface area contributed by atoms with Gasteiger partial charge < -0.3 is 29.9 Å². The number of aromatic amines is 1. The van der Waals surface area contributed by atoms with Crippen molar-refractivity contribution in [2.24, 2.45) is 0 Å². The number of thiazole rings is 1. The average Bonchev–Trinajstić information content (AvgIpc) is 3.31. The Bertz CT molecular complexity index is 1200. The first kappa shape index (κ1) is 29.8. The predicted octanol–water partition coefficient (Wildman–Crippen LogP) is 3.56. The molecule has 9 heteroatoms. The largest absolute Gasteiger partial charge is 0.506 e. The maximum absolute atomic E-state index is 13.0. The van der Waals surface area contributed by atoms with Gasteiger partial charge in [0.1, 0.15) is 11.3 Å². The summed E-state index contributed by atoms with van der Waals surface area (Å²) in [6.45, 7) is 12.9. The second-order valence-corrected chi connectivity index (χ2v) is 10.5. The van der Waals surface area contributed by atoms with Gasteiger partial charge in [-0.05, 0) is 56.6 Å². The van der Waals surface area contributed by atoms with Crippen molar-refractivity contribution >= 4 is 27.5 Å². The third kappa shape index (κ3) is 9.23. The van der Waals surface area contributed by atoms with E-state index >= 15 is 0 Å². The Morgan fingerprint density at radius 3 is 2.63 bits per heavy atom. The second-order valence-electron chi connectivity index (χ2n) is 9.47. The fraction of sp³-hybridized carbons (Fsp3) is 0.517. The molecular formula is C29H42N4O4S. The Hall–Kier alpha value is -2.72. The molecule has 0 spiro atoms. The van der Waals surface area contributed by atoms with E-state index < -0.39 is 0 Å². The zero-order chi connectivity index (χ0) is 27.3. The minimum atomic E-state index is -0.169. The van der Waals surface area contributed by atoms with E-state index in [1.54, 1.807) is 6.07 Å². The molecule has 3 aromatic rings. The number of nitrogens with zero attached hydrogens (tertiary/aromatic N) is 2. The van der Waals surface area contributed by atoms with Gasteiger partial charge in [0.15, 0.2) is 0 Å². The van der Waals surface area contributed by atoms with Crippen LogP contribution in [-0.2, 0) is 22.4 Å². The lowest BCUT2D eigenvalue weighted by Gasteiger charge is -2.27. The smallest absolute Gasteiger partial charge is 0.305 e. The van der Waals surface area contributed by atoms with Crippen LogP contribution in [0.4, 0.5) is 0 Å². The van der Waals surface area contributed by atoms with Crippen LogP contribution >= 0.6 is 11.3 Å². The Morgan fingerprint density at radius 1 is 1.05 bits per heavy atom. The number of phenolic OH excluding ortho intramolecular Hbond substituents is 1. The zero-order valence-electron chi connectivity index (χ0n) is 22.9. The summed E-state index contributed by atoms with van der Waals surface area (Å²) in [6.07, 6.45) is 1.95. The Morgan fingerprint density at radius 2 is 1.87 bits per heavy atom. The number of fused-ring (bicyclic) bond motifs is 1. The van der Waals surface area contributed by atoms with Crippen LogP contribution in [0.3, 0.4) is 0 Å². The van der Waals surface area contributed by atoms with Crippen LogP contribution in [0.25, 0.3) is 10.2 Å². The lowest BCUT2D eigenvalue weighted by molar-refractivity contribution is -0.132. The van der Waals surface area contributed by atoms with Crippen LogP contribution < -0.4 is 10.2 Å². The van der Waals surface area contributed by atoms with Gasteiger partial charge in [-0.2, -0.15) is 0 Å². The highest BCUT2D eigenvalue weighted by Crippen LogP contribution is 2.27. The van der Waals surface area contributed by atoms with E-state index in [2.05, 4.69) is 60.2 Å². The topological polar surface area (TPSA) is 97.9 Å². The van der Waals surface area contributed by atoms with E-state index in [-0.39, 0.29) is 16.5 Å². The number of aryl methyl sites for hydroxylation is 1. The van der Waals surface area contributed by atoms with Crippen LogP contribution in [0.15, 0.2) is 41.2 Å². The summed E-state index contributed by atoms with van der Waals surface area (Å²) in [5, 5.41) is 13.4. The third-order valence-electron chi connectivity index (χ3n) is 6.78. The normalized spacial score (nSPS) is 11.5. The number of H-pyrrole nitrogens is 1. The number of hydrogen-bond donors (Lipinski definition) is 3. The fourth-order valence-electron chi connectivity index (χ4n) is 4.47. The van der Waals surface area contributed by atoms with Gasteiger partial charge >= 0.3 is 4.87 Å². The monoisotopic (exact) mass is 542 g/mol. The van der Waals surface area contributed by atoms with E-state index in [1.807, 2.05) is 11.0 Å². The summed E-state index contributed by atoms with van der Waals surface area (Å²) < 4.78 is 6.59. The predicted molar refractivity (Wildman–Crippen MR) is 155 cm³/mol. The molecule has 0 atom stereocenters. The molecular weight excluding hydrogens is 500 g/mol. The first-order chi connectivity index (χ1) is 18.4. The van der Waals surface area contributed by atoms with Gasteiger partial charge in [0.05, 0.1) is 24.3 Å². The number of aromatic nitrogens is 1. The number of likely N-dealkylation sites (N-methyl/N-ethyl adjacent to an activating group) is 1. The first-order valence-corrected chi connectivity index (χ1v) is 14.4. The van der Waals surface area contributed by atoms with E-state index in [1.165, 1.54) is 11.1 Å². The first-order valence-electron chi connectivity index (χ1n) is 13.6. The molecule has 8 nitrogen and oxygen atoms in total. The van der Waals surface area contributed by atoms with Crippen molar-refractivity contribution in [2.75, 3.05) is 59.0 Å². The van der Waals surface area contributed by atoms with Crippen LogP contribution in [-0.4, -0.2) is 84.8 Å². The number of carbonyl (C=O) groups excluding carboxylic acids is 1. The van der Waals surface area contributed by atoms with Crippen molar-refractivity contribution < 1.29 is 14.6 Å². The number of benzene rings is 2. The molecule has 0 aliphatic heterocycles. The summed E-state index contributed by atoms with van der Waals surface area (Å²) in [7, 11) is 0. The average molecular weight is 543 g/mol. The van der Waals surface area contributed by atoms with Crippen LogP contribution in [0.5, 0.6) is 5.75 Å². The maximum Gasteiger partial charge on any atom is 0.305 e. The Labute approximate surface area is 229 Å². The molecule has 0 bridgehead atoms. The molecule has 2 aromatic carbocycles. The van der Waals surface area contributed by atoms with E-state index in [4.69, 9.17) is 4.74 Å². The quantitative estimate of drug-likeness (QED) is 0.226.